The highest BCUT2D eigenvalue weighted by molar-refractivity contribution is 5.90. The Balaban J connectivity index is 2.28. The lowest BCUT2D eigenvalue weighted by Crippen LogP contribution is -2.59. The van der Waals surface area contributed by atoms with Gasteiger partial charge >= 0.3 is 0 Å². The molecule has 1 saturated heterocycles. The topological polar surface area (TPSA) is 193 Å². The Hall–Kier alpha value is -3.59. The van der Waals surface area contributed by atoms with Gasteiger partial charge in [0.25, 0.3) is 0 Å². The van der Waals surface area contributed by atoms with Crippen LogP contribution in [-0.2, 0) is 39.9 Å². The fraction of sp³-hybridized carbons (Fsp3) is 0.732. The summed E-state index contributed by atoms with van der Waals surface area (Å²) in [6.07, 6.45) is 1.38. The van der Waals surface area contributed by atoms with Crippen LogP contribution >= 0.6 is 0 Å². The SMILES string of the molecule is CC[C@H](C)[C@@H]([C@@H](CC(=O)N1CCC[C@H]1[C@H](OC)[C@@H](C)C(=O)NC(Cc1ccccc1)C(=O)NCCCO)OC)N(C)C(=O)C(NC(=O)[C@@H](N)C(C)C)C(C)C. The molecule has 1 fully saturated rings. The Morgan fingerprint density at radius 2 is 1.60 bits per heavy atom. The van der Waals surface area contributed by atoms with Gasteiger partial charge in [-0.25, -0.2) is 0 Å². The smallest absolute Gasteiger partial charge is 0.245 e. The monoisotopic (exact) mass is 775 g/mol. The first kappa shape index (κ1) is 47.6. The predicted octanol–water partition coefficient (Wildman–Crippen LogP) is 2.26. The van der Waals surface area contributed by atoms with E-state index >= 15 is 0 Å². The van der Waals surface area contributed by atoms with Crippen molar-refractivity contribution in [2.45, 2.75) is 129 Å². The number of hydrogen-bond donors (Lipinski definition) is 5. The summed E-state index contributed by atoms with van der Waals surface area (Å²) in [5.74, 6) is -2.68. The second-order valence-corrected chi connectivity index (χ2v) is 15.7. The number of amides is 5. The molecule has 2 rings (SSSR count). The Bertz CT molecular complexity index is 1360. The molecule has 0 spiro atoms. The maximum Gasteiger partial charge on any atom is 0.245 e. The molecule has 2 unspecified atom stereocenters. The average molecular weight is 775 g/mol. The first-order valence-corrected chi connectivity index (χ1v) is 19.9. The molecule has 6 N–H and O–H groups in total. The summed E-state index contributed by atoms with van der Waals surface area (Å²) in [4.78, 5) is 71.6. The maximum atomic E-state index is 14.2. The molecule has 0 aliphatic carbocycles. The molecule has 0 radical (unpaired) electrons. The molecule has 1 aromatic carbocycles. The lowest BCUT2D eigenvalue weighted by Gasteiger charge is -2.41. The van der Waals surface area contributed by atoms with Crippen molar-refractivity contribution in [2.75, 3.05) is 41.0 Å². The van der Waals surface area contributed by atoms with Crippen molar-refractivity contribution in [1.29, 1.82) is 0 Å². The van der Waals surface area contributed by atoms with Crippen molar-refractivity contribution in [1.82, 2.24) is 25.8 Å². The first-order chi connectivity index (χ1) is 26.0. The van der Waals surface area contributed by atoms with Gasteiger partial charge in [-0.05, 0) is 42.6 Å². The van der Waals surface area contributed by atoms with E-state index < -0.39 is 54.2 Å². The predicted molar refractivity (Wildman–Crippen MR) is 212 cm³/mol. The quantitative estimate of drug-likeness (QED) is 0.104. The van der Waals surface area contributed by atoms with Crippen LogP contribution in [0.25, 0.3) is 0 Å². The van der Waals surface area contributed by atoms with E-state index in [9.17, 15) is 29.1 Å². The summed E-state index contributed by atoms with van der Waals surface area (Å²) in [5, 5.41) is 17.8. The minimum atomic E-state index is -0.856. The van der Waals surface area contributed by atoms with Crippen LogP contribution in [0.3, 0.4) is 0 Å². The molecule has 55 heavy (non-hydrogen) atoms. The van der Waals surface area contributed by atoms with Crippen molar-refractivity contribution in [3.63, 3.8) is 0 Å². The first-order valence-electron chi connectivity index (χ1n) is 19.9. The highest BCUT2D eigenvalue weighted by Crippen LogP contribution is 2.30. The minimum Gasteiger partial charge on any atom is -0.396 e. The number of nitrogens with zero attached hydrogens (tertiary/aromatic N) is 2. The Morgan fingerprint density at radius 1 is 0.945 bits per heavy atom. The van der Waals surface area contributed by atoms with Gasteiger partial charge in [0.1, 0.15) is 12.1 Å². The van der Waals surface area contributed by atoms with Gasteiger partial charge in [-0.15, -0.1) is 0 Å². The largest absolute Gasteiger partial charge is 0.396 e. The highest BCUT2D eigenvalue weighted by atomic mass is 16.5. The number of rotatable bonds is 23. The Kier molecular flexibility index (Phi) is 20.3. The van der Waals surface area contributed by atoms with E-state index in [0.717, 1.165) is 5.56 Å². The van der Waals surface area contributed by atoms with Crippen LogP contribution in [0.2, 0.25) is 0 Å². The van der Waals surface area contributed by atoms with Gasteiger partial charge in [-0.1, -0.05) is 85.2 Å². The van der Waals surface area contributed by atoms with Crippen LogP contribution in [0.1, 0.15) is 86.1 Å². The van der Waals surface area contributed by atoms with E-state index in [0.29, 0.717) is 32.2 Å². The molecule has 1 aliphatic heterocycles. The average Bonchev–Trinajstić information content (AvgIpc) is 3.65. The Labute approximate surface area is 329 Å². The molecule has 14 heteroatoms. The zero-order valence-electron chi connectivity index (χ0n) is 34.9. The van der Waals surface area contributed by atoms with E-state index in [4.69, 9.17) is 15.2 Å². The number of nitrogens with two attached hydrogens (primary N) is 1. The fourth-order valence-corrected chi connectivity index (χ4v) is 7.37. The van der Waals surface area contributed by atoms with Crippen molar-refractivity contribution in [3.05, 3.63) is 35.9 Å². The second kappa shape index (κ2) is 23.5. The summed E-state index contributed by atoms with van der Waals surface area (Å²) in [7, 11) is 4.75. The molecule has 0 aromatic heterocycles. The summed E-state index contributed by atoms with van der Waals surface area (Å²) < 4.78 is 11.9. The van der Waals surface area contributed by atoms with Gasteiger partial charge in [0.15, 0.2) is 0 Å². The van der Waals surface area contributed by atoms with Crippen molar-refractivity contribution >= 4 is 29.5 Å². The van der Waals surface area contributed by atoms with E-state index in [1.165, 1.54) is 14.2 Å². The molecule has 0 bridgehead atoms. The summed E-state index contributed by atoms with van der Waals surface area (Å²) in [6, 6.07) is 6.07. The summed E-state index contributed by atoms with van der Waals surface area (Å²) in [5.41, 5.74) is 6.98. The molecular weight excluding hydrogens is 704 g/mol. The van der Waals surface area contributed by atoms with Crippen LogP contribution in [0.5, 0.6) is 0 Å². The second-order valence-electron chi connectivity index (χ2n) is 15.7. The van der Waals surface area contributed by atoms with Gasteiger partial charge in [0.2, 0.25) is 29.5 Å². The molecule has 0 saturated carbocycles. The molecule has 1 heterocycles. The number of nitrogens with one attached hydrogen (secondary N) is 3. The number of likely N-dealkylation sites (N-methyl/N-ethyl adjacent to an activating group) is 1. The molecule has 312 valence electrons. The van der Waals surface area contributed by atoms with Crippen LogP contribution in [-0.4, -0.2) is 128 Å². The van der Waals surface area contributed by atoms with E-state index in [1.807, 2.05) is 71.9 Å². The standard InChI is InChI=1S/C41H70N6O8/c1-11-27(6)36(46(8)41(53)35(26(4)5)45-40(52)34(42)25(2)3)32(54-9)24-33(49)47-21-15-19-31(47)37(55-10)28(7)38(50)44-30(39(51)43-20-16-22-48)23-29-17-13-12-14-18-29/h12-14,17-18,25-28,30-32,34-37,48H,11,15-16,19-24,42H2,1-10H3,(H,43,51)(H,44,50)(H,45,52)/t27-,28+,30?,31-,32+,34-,35?,36-,37+/m0/s1. The van der Waals surface area contributed by atoms with Crippen LogP contribution in [0.15, 0.2) is 30.3 Å². The molecular formula is C41H70N6O8. The number of aliphatic hydroxyl groups is 1. The van der Waals surface area contributed by atoms with Crippen molar-refractivity contribution in [2.24, 2.45) is 29.4 Å². The van der Waals surface area contributed by atoms with Crippen LogP contribution in [0, 0.1) is 23.7 Å². The zero-order valence-corrected chi connectivity index (χ0v) is 34.9. The van der Waals surface area contributed by atoms with Crippen LogP contribution < -0.4 is 21.7 Å². The van der Waals surface area contributed by atoms with Crippen molar-refractivity contribution in [3.8, 4) is 0 Å². The van der Waals surface area contributed by atoms with Gasteiger partial charge in [-0.2, -0.15) is 0 Å². The highest BCUT2D eigenvalue weighted by Gasteiger charge is 2.43. The lowest BCUT2D eigenvalue weighted by atomic mass is 9.89. The number of carbonyl (C=O) groups excluding carboxylic acids is 5. The number of hydrogen-bond acceptors (Lipinski definition) is 9. The van der Waals surface area contributed by atoms with E-state index in [-0.39, 0.29) is 67.4 Å². The summed E-state index contributed by atoms with van der Waals surface area (Å²) in [6.45, 7) is 13.9. The third-order valence-corrected chi connectivity index (χ3v) is 11.1. The number of benzene rings is 1. The molecule has 1 aromatic rings. The minimum absolute atomic E-state index is 0.0132. The van der Waals surface area contributed by atoms with Gasteiger partial charge in [-0.3, -0.25) is 24.0 Å². The van der Waals surface area contributed by atoms with Gasteiger partial charge in [0, 0.05) is 47.4 Å². The zero-order chi connectivity index (χ0) is 41.4. The Morgan fingerprint density at radius 3 is 2.15 bits per heavy atom. The van der Waals surface area contributed by atoms with Gasteiger partial charge in [0.05, 0.1) is 42.7 Å². The molecule has 1 aliphatic rings. The number of carbonyl (C=O) groups is 5. The number of likely N-dealkylation sites (tertiary alicyclic amines) is 1. The maximum absolute atomic E-state index is 14.2. The summed E-state index contributed by atoms with van der Waals surface area (Å²) >= 11 is 0. The molecule has 14 nitrogen and oxygen atoms in total. The molecule has 9 atom stereocenters. The van der Waals surface area contributed by atoms with Crippen LogP contribution in [0.4, 0.5) is 0 Å². The van der Waals surface area contributed by atoms with Crippen molar-refractivity contribution < 1.29 is 38.6 Å². The molecule has 5 amide bonds. The number of ether oxygens (including phenoxy) is 2. The number of aliphatic hydroxyl groups excluding tert-OH is 1. The van der Waals surface area contributed by atoms with E-state index in [1.54, 1.807) is 23.8 Å². The fourth-order valence-electron chi connectivity index (χ4n) is 7.37. The number of methoxy groups -OCH3 is 2. The normalized spacial score (nSPS) is 18.8. The lowest BCUT2D eigenvalue weighted by molar-refractivity contribution is -0.148. The van der Waals surface area contributed by atoms with E-state index in [2.05, 4.69) is 16.0 Å². The third kappa shape index (κ3) is 13.5. The van der Waals surface area contributed by atoms with Gasteiger partial charge < -0.3 is 46.1 Å². The third-order valence-electron chi connectivity index (χ3n) is 11.1.